The minimum absolute atomic E-state index is 0.266. The fourth-order valence-electron chi connectivity index (χ4n) is 3.87. The average Bonchev–Trinajstić information content (AvgIpc) is 2.84. The molecule has 0 aliphatic carbocycles. The number of benzene rings is 3. The first kappa shape index (κ1) is 24.1. The van der Waals surface area contributed by atoms with Gasteiger partial charge < -0.3 is 0 Å². The van der Waals surface area contributed by atoms with E-state index in [1.165, 1.54) is 6.92 Å². The molecule has 32 heavy (non-hydrogen) atoms. The van der Waals surface area contributed by atoms with Crippen LogP contribution < -0.4 is 30.1 Å². The summed E-state index contributed by atoms with van der Waals surface area (Å²) in [7, 11) is 4.95. The van der Waals surface area contributed by atoms with Crippen molar-refractivity contribution in [2.45, 2.75) is 6.92 Å². The van der Waals surface area contributed by atoms with Gasteiger partial charge in [0.05, 0.1) is 0 Å². The summed E-state index contributed by atoms with van der Waals surface area (Å²) in [6.07, 6.45) is 0.580. The maximum atomic E-state index is 11.6. The van der Waals surface area contributed by atoms with Crippen LogP contribution in [-0.2, 0) is 9.53 Å². The van der Waals surface area contributed by atoms with Crippen molar-refractivity contribution in [3.63, 3.8) is 0 Å². The first-order valence-electron chi connectivity index (χ1n) is 10.2. The van der Waals surface area contributed by atoms with Gasteiger partial charge in [0.2, 0.25) is 0 Å². The quantitative estimate of drug-likeness (QED) is 0.310. The molecular formula is C25H28BrO5P. The van der Waals surface area contributed by atoms with E-state index in [1.807, 2.05) is 36.4 Å². The van der Waals surface area contributed by atoms with Crippen LogP contribution in [0, 0.1) is 0 Å². The van der Waals surface area contributed by atoms with Crippen molar-refractivity contribution in [1.29, 1.82) is 0 Å². The van der Waals surface area contributed by atoms with Gasteiger partial charge in [-0.15, -0.1) is 0 Å². The number of hydrogen-bond acceptors (Lipinski definition) is 5. The van der Waals surface area contributed by atoms with E-state index in [9.17, 15) is 4.79 Å². The molecule has 170 valence electrons. The van der Waals surface area contributed by atoms with Crippen molar-refractivity contribution >= 4 is 42.7 Å². The monoisotopic (exact) mass is 518 g/mol. The number of halogens is 1. The molecule has 0 fully saturated rings. The van der Waals surface area contributed by atoms with Gasteiger partial charge in [-0.1, -0.05) is 0 Å². The van der Waals surface area contributed by atoms with Gasteiger partial charge in [-0.05, 0) is 0 Å². The summed E-state index contributed by atoms with van der Waals surface area (Å²) in [5, 5.41) is 0.0429. The van der Waals surface area contributed by atoms with Crippen molar-refractivity contribution in [3.8, 4) is 17.2 Å². The summed E-state index contributed by atoms with van der Waals surface area (Å²) in [6, 6.07) is 24.2. The van der Waals surface area contributed by atoms with Crippen LogP contribution in [0.5, 0.6) is 17.2 Å². The standard InChI is InChI=1S/C25H28BrO5P/c1-19(27)31-17-18-32(26,23-11-5-20(28-2)6-12-23,24-13-7-21(29-3)8-14-24)25-15-9-22(30-4)10-16-25/h5-16H,17-18H2,1-4H3. The van der Waals surface area contributed by atoms with Crippen LogP contribution in [0.25, 0.3) is 0 Å². The Balaban J connectivity index is 2.31. The van der Waals surface area contributed by atoms with Gasteiger partial charge in [-0.25, -0.2) is 0 Å². The van der Waals surface area contributed by atoms with Crippen molar-refractivity contribution in [2.75, 3.05) is 34.1 Å². The molecule has 3 aromatic carbocycles. The summed E-state index contributed by atoms with van der Waals surface area (Å²) < 4.78 is 21.6. The molecule has 0 aromatic heterocycles. The maximum absolute atomic E-state index is 11.6. The molecule has 0 unspecified atom stereocenters. The number of rotatable bonds is 9. The first-order chi connectivity index (χ1) is 15.3. The zero-order chi connectivity index (χ0) is 23.2. The number of ether oxygens (including phenoxy) is 4. The number of esters is 1. The van der Waals surface area contributed by atoms with Gasteiger partial charge in [0.1, 0.15) is 0 Å². The molecule has 0 atom stereocenters. The fraction of sp³-hybridized carbons (Fsp3) is 0.240. The van der Waals surface area contributed by atoms with Gasteiger partial charge in [-0.2, -0.15) is 0 Å². The Labute approximate surface area is 197 Å². The number of carbonyl (C=O) groups is 1. The van der Waals surface area contributed by atoms with Crippen molar-refractivity contribution in [3.05, 3.63) is 72.8 Å². The molecule has 0 aliphatic rings. The molecule has 0 bridgehead atoms. The Bertz CT molecular complexity index is 931. The van der Waals surface area contributed by atoms with E-state index >= 15 is 0 Å². The third-order valence-electron chi connectivity index (χ3n) is 5.65. The van der Waals surface area contributed by atoms with Crippen molar-refractivity contribution < 1.29 is 23.7 Å². The molecule has 3 aromatic rings. The summed E-state index contributed by atoms with van der Waals surface area (Å²) in [5.41, 5.74) is 0. The molecule has 0 radical (unpaired) electrons. The van der Waals surface area contributed by atoms with Gasteiger partial charge in [0, 0.05) is 0 Å². The zero-order valence-corrected chi connectivity index (χ0v) is 21.2. The Morgan fingerprint density at radius 2 is 1.00 bits per heavy atom. The molecule has 0 aliphatic heterocycles. The molecule has 0 saturated carbocycles. The number of carbonyl (C=O) groups excluding carboxylic acids is 1. The predicted molar refractivity (Wildman–Crippen MR) is 135 cm³/mol. The van der Waals surface area contributed by atoms with E-state index in [2.05, 4.69) is 51.9 Å². The van der Waals surface area contributed by atoms with Crippen LogP contribution in [0.1, 0.15) is 6.92 Å². The molecule has 3 rings (SSSR count). The average molecular weight is 519 g/mol. The Kier molecular flexibility index (Phi) is 7.47. The van der Waals surface area contributed by atoms with E-state index in [1.54, 1.807) is 21.3 Å². The first-order valence-corrected chi connectivity index (χ1v) is 14.6. The number of hydrogen-bond donors (Lipinski definition) is 0. The Morgan fingerprint density at radius 3 is 1.25 bits per heavy atom. The summed E-state index contributed by atoms with van der Waals surface area (Å²) in [4.78, 5) is 11.6. The second-order valence-corrected chi connectivity index (χ2v) is 16.4. The summed E-state index contributed by atoms with van der Waals surface area (Å²) in [5.74, 6) is 2.02. The summed E-state index contributed by atoms with van der Waals surface area (Å²) in [6.45, 7) is 1.69. The third-order valence-corrected chi connectivity index (χ3v) is 15.5. The molecule has 5 nitrogen and oxygen atoms in total. The molecule has 7 heteroatoms. The topological polar surface area (TPSA) is 54.0 Å². The van der Waals surface area contributed by atoms with Crippen LogP contribution in [-0.4, -0.2) is 40.1 Å². The van der Waals surface area contributed by atoms with Crippen LogP contribution in [0.2, 0.25) is 0 Å². The fourth-order valence-corrected chi connectivity index (χ4v) is 10.9. The summed E-state index contributed by atoms with van der Waals surface area (Å²) >= 11 is 4.32. The van der Waals surface area contributed by atoms with E-state index in [0.717, 1.165) is 33.2 Å². The minimum atomic E-state index is -3.25. The second-order valence-electron chi connectivity index (χ2n) is 7.34. The van der Waals surface area contributed by atoms with Crippen molar-refractivity contribution in [2.24, 2.45) is 0 Å². The van der Waals surface area contributed by atoms with Crippen LogP contribution >= 0.6 is 20.8 Å². The second kappa shape index (κ2) is 9.93. The molecule has 0 saturated heterocycles. The van der Waals surface area contributed by atoms with Crippen LogP contribution in [0.3, 0.4) is 0 Å². The van der Waals surface area contributed by atoms with E-state index < -0.39 is 5.31 Å². The van der Waals surface area contributed by atoms with Crippen molar-refractivity contribution in [1.82, 2.24) is 0 Å². The third kappa shape index (κ3) is 4.48. The van der Waals surface area contributed by atoms with Gasteiger partial charge >= 0.3 is 197 Å². The van der Waals surface area contributed by atoms with Crippen LogP contribution in [0.15, 0.2) is 72.8 Å². The zero-order valence-electron chi connectivity index (χ0n) is 18.7. The normalized spacial score (nSPS) is 12.3. The van der Waals surface area contributed by atoms with Gasteiger partial charge in [-0.3, -0.25) is 0 Å². The molecule has 0 N–H and O–H groups in total. The van der Waals surface area contributed by atoms with E-state index in [4.69, 9.17) is 18.9 Å². The van der Waals surface area contributed by atoms with E-state index in [-0.39, 0.29) is 12.6 Å². The SMILES string of the molecule is COc1ccc(P(Br)(CCOC(C)=O)(c2ccc(OC)cc2)c2ccc(OC)cc2)cc1. The van der Waals surface area contributed by atoms with E-state index in [0.29, 0.717) is 6.16 Å². The molecule has 0 spiro atoms. The molecular weight excluding hydrogens is 491 g/mol. The van der Waals surface area contributed by atoms with Crippen LogP contribution in [0.4, 0.5) is 0 Å². The number of methoxy groups -OCH3 is 3. The van der Waals surface area contributed by atoms with Gasteiger partial charge in [0.15, 0.2) is 0 Å². The Hall–Kier alpha value is -2.56. The van der Waals surface area contributed by atoms with Gasteiger partial charge in [0.25, 0.3) is 0 Å². The molecule has 0 heterocycles. The molecule has 0 amide bonds. The predicted octanol–water partition coefficient (Wildman–Crippen LogP) is 4.42. The Morgan fingerprint density at radius 1 is 0.688 bits per heavy atom.